The summed E-state index contributed by atoms with van der Waals surface area (Å²) >= 11 is 0. The van der Waals surface area contributed by atoms with Crippen molar-refractivity contribution in [2.24, 2.45) is 4.99 Å². The third-order valence-corrected chi connectivity index (χ3v) is 6.44. The number of nitrogens with zero attached hydrogens (tertiary/aromatic N) is 6. The minimum absolute atomic E-state index is 0.262. The van der Waals surface area contributed by atoms with Crippen LogP contribution in [-0.4, -0.2) is 71.2 Å². The summed E-state index contributed by atoms with van der Waals surface area (Å²) in [6.45, 7) is 4.73. The van der Waals surface area contributed by atoms with Crippen molar-refractivity contribution < 1.29 is 9.47 Å². The molecular formula is C24H28N6O2. The van der Waals surface area contributed by atoms with Gasteiger partial charge in [0.25, 0.3) is 0 Å². The van der Waals surface area contributed by atoms with Gasteiger partial charge in [-0.05, 0) is 49.8 Å². The summed E-state index contributed by atoms with van der Waals surface area (Å²) in [5.74, 6) is 2.46. The second kappa shape index (κ2) is 8.35. The van der Waals surface area contributed by atoms with Gasteiger partial charge in [-0.25, -0.2) is 0 Å². The van der Waals surface area contributed by atoms with Gasteiger partial charge in [-0.3, -0.25) is 4.99 Å². The lowest BCUT2D eigenvalue weighted by Crippen LogP contribution is -2.41. The molecule has 32 heavy (non-hydrogen) atoms. The SMILES string of the molecule is CCn1nnc(-c2ccc(C3=N[C@@H]4CCN(C)C[C@@H]4c4cc(OC)c(OC)cc43)cc2)n1. The molecule has 2 atom stereocenters. The molecule has 3 aromatic rings. The number of hydrogen-bond donors (Lipinski definition) is 0. The summed E-state index contributed by atoms with van der Waals surface area (Å²) in [5, 5.41) is 12.6. The molecule has 0 bridgehead atoms. The molecule has 8 heteroatoms. The van der Waals surface area contributed by atoms with Gasteiger partial charge in [-0.15, -0.1) is 10.2 Å². The quantitative estimate of drug-likeness (QED) is 0.617. The third-order valence-electron chi connectivity index (χ3n) is 6.44. The molecule has 3 heterocycles. The van der Waals surface area contributed by atoms with Crippen molar-refractivity contribution in [1.82, 2.24) is 25.1 Å². The van der Waals surface area contributed by atoms with Gasteiger partial charge in [-0.1, -0.05) is 24.3 Å². The van der Waals surface area contributed by atoms with E-state index in [4.69, 9.17) is 14.5 Å². The van der Waals surface area contributed by atoms with Gasteiger partial charge in [0, 0.05) is 29.2 Å². The Hall–Kier alpha value is -3.26. The van der Waals surface area contributed by atoms with Crippen molar-refractivity contribution in [2.45, 2.75) is 31.8 Å². The number of aryl methyl sites for hydroxylation is 1. The number of hydrogen-bond acceptors (Lipinski definition) is 7. The minimum atomic E-state index is 0.262. The van der Waals surface area contributed by atoms with Crippen molar-refractivity contribution in [3.8, 4) is 22.9 Å². The van der Waals surface area contributed by atoms with Crippen molar-refractivity contribution in [3.63, 3.8) is 0 Å². The summed E-state index contributed by atoms with van der Waals surface area (Å²) in [6.07, 6.45) is 1.04. The number of aliphatic imine (C=N–C) groups is 1. The lowest BCUT2D eigenvalue weighted by atomic mass is 9.79. The summed E-state index contributed by atoms with van der Waals surface area (Å²) < 4.78 is 11.2. The van der Waals surface area contributed by atoms with Crippen molar-refractivity contribution in [1.29, 1.82) is 0 Å². The van der Waals surface area contributed by atoms with E-state index in [-0.39, 0.29) is 6.04 Å². The number of ether oxygens (including phenoxy) is 2. The number of aromatic nitrogens is 4. The molecule has 0 radical (unpaired) electrons. The molecule has 0 aliphatic carbocycles. The molecule has 1 fully saturated rings. The van der Waals surface area contributed by atoms with E-state index in [0.29, 0.717) is 18.3 Å². The second-order valence-electron chi connectivity index (χ2n) is 8.38. The van der Waals surface area contributed by atoms with Crippen LogP contribution in [0.5, 0.6) is 11.5 Å². The number of rotatable bonds is 5. The van der Waals surface area contributed by atoms with Crippen LogP contribution in [0.1, 0.15) is 36.0 Å². The number of likely N-dealkylation sites (N-methyl/N-ethyl adjacent to an activating group) is 1. The Balaban J connectivity index is 1.57. The predicted octanol–water partition coefficient (Wildman–Crippen LogP) is 3.02. The van der Waals surface area contributed by atoms with Gasteiger partial charge < -0.3 is 14.4 Å². The minimum Gasteiger partial charge on any atom is -0.493 e. The van der Waals surface area contributed by atoms with Crippen LogP contribution in [0.2, 0.25) is 0 Å². The average molecular weight is 433 g/mol. The van der Waals surface area contributed by atoms with Crippen LogP contribution in [0.4, 0.5) is 0 Å². The first-order valence-electron chi connectivity index (χ1n) is 11.0. The Kier molecular flexibility index (Phi) is 5.38. The molecule has 2 aliphatic rings. The van der Waals surface area contributed by atoms with Gasteiger partial charge in [0.2, 0.25) is 5.82 Å². The summed E-state index contributed by atoms with van der Waals surface area (Å²) in [5.41, 5.74) is 5.41. The van der Waals surface area contributed by atoms with E-state index in [9.17, 15) is 0 Å². The van der Waals surface area contributed by atoms with Gasteiger partial charge >= 0.3 is 0 Å². The Bertz CT molecular complexity index is 1150. The highest BCUT2D eigenvalue weighted by Crippen LogP contribution is 2.42. The number of likely N-dealkylation sites (tertiary alicyclic amines) is 1. The number of methoxy groups -OCH3 is 2. The molecule has 166 valence electrons. The maximum Gasteiger partial charge on any atom is 0.204 e. The van der Waals surface area contributed by atoms with E-state index in [1.165, 1.54) is 5.56 Å². The first-order chi connectivity index (χ1) is 15.6. The first kappa shape index (κ1) is 20.6. The smallest absolute Gasteiger partial charge is 0.204 e. The van der Waals surface area contributed by atoms with Crippen molar-refractivity contribution in [2.75, 3.05) is 34.4 Å². The molecular weight excluding hydrogens is 404 g/mol. The lowest BCUT2D eigenvalue weighted by Gasteiger charge is -2.39. The molecule has 1 aromatic heterocycles. The molecule has 1 saturated heterocycles. The zero-order valence-corrected chi connectivity index (χ0v) is 18.9. The zero-order chi connectivity index (χ0) is 22.2. The predicted molar refractivity (Wildman–Crippen MR) is 123 cm³/mol. The lowest BCUT2D eigenvalue weighted by molar-refractivity contribution is 0.227. The van der Waals surface area contributed by atoms with Crippen LogP contribution in [0.25, 0.3) is 11.4 Å². The summed E-state index contributed by atoms with van der Waals surface area (Å²) in [4.78, 5) is 9.22. The normalized spacial score (nSPS) is 20.3. The Morgan fingerprint density at radius 2 is 1.75 bits per heavy atom. The van der Waals surface area contributed by atoms with Crippen LogP contribution in [0.3, 0.4) is 0 Å². The maximum absolute atomic E-state index is 5.63. The highest BCUT2D eigenvalue weighted by molar-refractivity contribution is 6.15. The molecule has 0 spiro atoms. The largest absolute Gasteiger partial charge is 0.493 e. The molecule has 0 amide bonds. The standard InChI is InChI=1S/C24H28N6O2/c1-5-30-27-24(26-28-30)16-8-6-15(7-9-16)23-18-13-22(32-4)21(31-3)12-17(18)19-14-29(2)11-10-20(19)25-23/h6-9,12-13,19-20H,5,10-11,14H2,1-4H3/t19-,20-/m1/s1. The number of piperidine rings is 1. The number of tetrazole rings is 1. The Labute approximate surface area is 187 Å². The Morgan fingerprint density at radius 1 is 1.03 bits per heavy atom. The molecule has 5 rings (SSSR count). The molecule has 0 saturated carbocycles. The van der Waals surface area contributed by atoms with Crippen LogP contribution < -0.4 is 9.47 Å². The van der Waals surface area contributed by atoms with Crippen molar-refractivity contribution >= 4 is 5.71 Å². The second-order valence-corrected chi connectivity index (χ2v) is 8.38. The van der Waals surface area contributed by atoms with E-state index >= 15 is 0 Å². The number of fused-ring (bicyclic) bond motifs is 3. The van der Waals surface area contributed by atoms with E-state index < -0.39 is 0 Å². The van der Waals surface area contributed by atoms with Gasteiger partial charge in [0.1, 0.15) is 0 Å². The van der Waals surface area contributed by atoms with Crippen LogP contribution in [0, 0.1) is 0 Å². The fourth-order valence-electron chi connectivity index (χ4n) is 4.70. The van der Waals surface area contributed by atoms with Crippen LogP contribution >= 0.6 is 0 Å². The van der Waals surface area contributed by atoms with E-state index in [2.05, 4.69) is 51.6 Å². The molecule has 2 aliphatic heterocycles. The fourth-order valence-corrected chi connectivity index (χ4v) is 4.70. The Morgan fingerprint density at radius 3 is 2.44 bits per heavy atom. The highest BCUT2D eigenvalue weighted by atomic mass is 16.5. The molecule has 2 aromatic carbocycles. The maximum atomic E-state index is 5.63. The van der Waals surface area contributed by atoms with E-state index in [1.54, 1.807) is 19.0 Å². The molecule has 0 N–H and O–H groups in total. The average Bonchev–Trinajstić information content (AvgIpc) is 3.32. The van der Waals surface area contributed by atoms with Crippen molar-refractivity contribution in [3.05, 3.63) is 53.1 Å². The fraction of sp³-hybridized carbons (Fsp3) is 0.417. The van der Waals surface area contributed by atoms with E-state index in [1.807, 2.05) is 19.1 Å². The van der Waals surface area contributed by atoms with Gasteiger partial charge in [0.15, 0.2) is 11.5 Å². The number of benzene rings is 2. The van der Waals surface area contributed by atoms with Crippen LogP contribution in [0.15, 0.2) is 41.4 Å². The summed E-state index contributed by atoms with van der Waals surface area (Å²) in [7, 11) is 5.54. The van der Waals surface area contributed by atoms with Gasteiger partial charge in [0.05, 0.1) is 32.5 Å². The molecule has 8 nitrogen and oxygen atoms in total. The topological polar surface area (TPSA) is 77.7 Å². The van der Waals surface area contributed by atoms with Gasteiger partial charge in [-0.2, -0.15) is 4.80 Å². The molecule has 0 unspecified atom stereocenters. The van der Waals surface area contributed by atoms with E-state index in [0.717, 1.165) is 53.4 Å². The van der Waals surface area contributed by atoms with Crippen LogP contribution in [-0.2, 0) is 6.54 Å². The first-order valence-corrected chi connectivity index (χ1v) is 11.0. The zero-order valence-electron chi connectivity index (χ0n) is 18.9. The monoisotopic (exact) mass is 432 g/mol. The highest BCUT2D eigenvalue weighted by Gasteiger charge is 2.36. The summed E-state index contributed by atoms with van der Waals surface area (Å²) in [6, 6.07) is 12.7. The third kappa shape index (κ3) is 3.54.